The monoisotopic (exact) mass is 346 g/mol. The fourth-order valence-corrected chi connectivity index (χ4v) is 3.12. The minimum Gasteiger partial charge on any atom is -0.396 e. The minimum absolute atomic E-state index is 0.0650. The number of benzene rings is 1. The first kappa shape index (κ1) is 18.2. The predicted octanol–water partition coefficient (Wildman–Crippen LogP) is 1.37. The number of carbonyl (C=O) groups excluding carboxylic acids is 1. The smallest absolute Gasteiger partial charge is 0.319 e. The summed E-state index contributed by atoms with van der Waals surface area (Å²) in [6, 6.07) is 7.88. The van der Waals surface area contributed by atoms with Crippen molar-refractivity contribution in [2.45, 2.75) is 19.3 Å². The molecule has 1 aromatic carbocycles. The van der Waals surface area contributed by atoms with Gasteiger partial charge in [-0.25, -0.2) is 4.79 Å². The molecular weight excluding hydrogens is 316 g/mol. The van der Waals surface area contributed by atoms with Crippen LogP contribution in [-0.2, 0) is 6.42 Å². The molecule has 6 heteroatoms. The van der Waals surface area contributed by atoms with Gasteiger partial charge in [-0.05, 0) is 44.0 Å². The molecule has 2 aliphatic rings. The van der Waals surface area contributed by atoms with Crippen molar-refractivity contribution < 1.29 is 9.90 Å². The van der Waals surface area contributed by atoms with Gasteiger partial charge in [-0.3, -0.25) is 0 Å². The number of piperazine rings is 1. The van der Waals surface area contributed by atoms with Crippen LogP contribution < -0.4 is 10.6 Å². The third kappa shape index (κ3) is 5.42. The molecule has 1 aliphatic carbocycles. The van der Waals surface area contributed by atoms with E-state index in [4.69, 9.17) is 0 Å². The number of aliphatic hydroxyl groups excluding tert-OH is 1. The van der Waals surface area contributed by atoms with E-state index in [2.05, 4.69) is 39.6 Å². The molecule has 0 spiro atoms. The fourth-order valence-electron chi connectivity index (χ4n) is 3.12. The van der Waals surface area contributed by atoms with Gasteiger partial charge >= 0.3 is 6.03 Å². The lowest BCUT2D eigenvalue weighted by Crippen LogP contribution is -2.45. The summed E-state index contributed by atoms with van der Waals surface area (Å²) in [6.07, 6.45) is 3.02. The second kappa shape index (κ2) is 8.17. The number of hydrogen-bond acceptors (Lipinski definition) is 4. The number of nitrogens with zero attached hydrogens (tertiary/aromatic N) is 2. The number of carbonyl (C=O) groups is 1. The van der Waals surface area contributed by atoms with E-state index in [1.165, 1.54) is 5.56 Å². The third-order valence-corrected chi connectivity index (χ3v) is 5.44. The quantitative estimate of drug-likeness (QED) is 0.698. The van der Waals surface area contributed by atoms with Crippen molar-refractivity contribution in [2.75, 3.05) is 58.2 Å². The molecule has 1 aromatic rings. The molecular formula is C19H30N4O2. The summed E-state index contributed by atoms with van der Waals surface area (Å²) in [5.74, 6) is 0. The van der Waals surface area contributed by atoms with Crippen LogP contribution in [0.5, 0.6) is 0 Å². The lowest BCUT2D eigenvalue weighted by molar-refractivity contribution is 0.155. The number of urea groups is 1. The van der Waals surface area contributed by atoms with E-state index in [-0.39, 0.29) is 18.1 Å². The molecule has 1 saturated heterocycles. The zero-order valence-electron chi connectivity index (χ0n) is 15.1. The second-order valence-corrected chi connectivity index (χ2v) is 7.56. The van der Waals surface area contributed by atoms with Crippen LogP contribution >= 0.6 is 0 Å². The highest BCUT2D eigenvalue weighted by atomic mass is 16.3. The van der Waals surface area contributed by atoms with Crippen molar-refractivity contribution in [3.63, 3.8) is 0 Å². The Bertz CT molecular complexity index is 563. The summed E-state index contributed by atoms with van der Waals surface area (Å²) < 4.78 is 0. The van der Waals surface area contributed by atoms with Crippen LogP contribution in [0.25, 0.3) is 0 Å². The van der Waals surface area contributed by atoms with E-state index in [0.717, 1.165) is 57.7 Å². The molecule has 6 nitrogen and oxygen atoms in total. The zero-order chi connectivity index (χ0) is 17.7. The Morgan fingerprint density at radius 2 is 1.84 bits per heavy atom. The molecule has 1 aliphatic heterocycles. The molecule has 3 rings (SSSR count). The lowest BCUT2D eigenvalue weighted by Gasteiger charge is -2.32. The summed E-state index contributed by atoms with van der Waals surface area (Å²) in [5.41, 5.74) is 2.03. The number of nitrogens with one attached hydrogen (secondary N) is 2. The molecule has 3 N–H and O–H groups in total. The van der Waals surface area contributed by atoms with Crippen LogP contribution in [0.4, 0.5) is 10.5 Å². The predicted molar refractivity (Wildman–Crippen MR) is 99.9 cm³/mol. The second-order valence-electron chi connectivity index (χ2n) is 7.56. The molecule has 0 atom stereocenters. The van der Waals surface area contributed by atoms with Crippen molar-refractivity contribution in [1.82, 2.24) is 15.1 Å². The summed E-state index contributed by atoms with van der Waals surface area (Å²) in [5, 5.41) is 15.0. The number of aliphatic hydroxyl groups is 1. The molecule has 1 heterocycles. The normalized spacial score (nSPS) is 20.2. The maximum atomic E-state index is 11.9. The topological polar surface area (TPSA) is 67.8 Å². The molecule has 0 aromatic heterocycles. The average Bonchev–Trinajstić information content (AvgIpc) is 3.41. The molecule has 25 heavy (non-hydrogen) atoms. The number of anilines is 1. The van der Waals surface area contributed by atoms with E-state index < -0.39 is 0 Å². The Labute approximate surface area is 150 Å². The fraction of sp³-hybridized carbons (Fsp3) is 0.632. The van der Waals surface area contributed by atoms with Crippen LogP contribution in [-0.4, -0.2) is 73.9 Å². The van der Waals surface area contributed by atoms with Crippen LogP contribution in [0.15, 0.2) is 24.3 Å². The number of likely N-dealkylation sites (N-methyl/N-ethyl adjacent to an activating group) is 1. The number of hydrogen-bond donors (Lipinski definition) is 3. The van der Waals surface area contributed by atoms with Crippen LogP contribution in [0.1, 0.15) is 18.4 Å². The van der Waals surface area contributed by atoms with Crippen molar-refractivity contribution in [2.24, 2.45) is 5.41 Å². The minimum atomic E-state index is -0.204. The van der Waals surface area contributed by atoms with E-state index in [1.807, 2.05) is 12.1 Å². The van der Waals surface area contributed by atoms with Gasteiger partial charge in [-0.1, -0.05) is 12.1 Å². The van der Waals surface area contributed by atoms with Gasteiger partial charge in [-0.15, -0.1) is 0 Å². The molecule has 2 fully saturated rings. The Hall–Kier alpha value is -1.63. The van der Waals surface area contributed by atoms with Gasteiger partial charge in [0, 0.05) is 50.4 Å². The average molecular weight is 346 g/mol. The van der Waals surface area contributed by atoms with E-state index >= 15 is 0 Å². The Morgan fingerprint density at radius 3 is 2.44 bits per heavy atom. The molecule has 0 unspecified atom stereocenters. The van der Waals surface area contributed by atoms with Gasteiger partial charge < -0.3 is 25.5 Å². The van der Waals surface area contributed by atoms with E-state index in [1.54, 1.807) is 0 Å². The van der Waals surface area contributed by atoms with Crippen molar-refractivity contribution >= 4 is 11.7 Å². The van der Waals surface area contributed by atoms with Crippen LogP contribution in [0, 0.1) is 5.41 Å². The maximum Gasteiger partial charge on any atom is 0.319 e. The summed E-state index contributed by atoms with van der Waals surface area (Å²) in [4.78, 5) is 16.8. The summed E-state index contributed by atoms with van der Waals surface area (Å²) in [7, 11) is 2.17. The Kier molecular flexibility index (Phi) is 5.93. The Morgan fingerprint density at radius 1 is 1.16 bits per heavy atom. The van der Waals surface area contributed by atoms with Crippen molar-refractivity contribution in [1.29, 1.82) is 0 Å². The van der Waals surface area contributed by atoms with Gasteiger partial charge in [0.05, 0.1) is 6.61 Å². The first-order valence-electron chi connectivity index (χ1n) is 9.24. The van der Waals surface area contributed by atoms with Crippen LogP contribution in [0.2, 0.25) is 0 Å². The number of rotatable bonds is 7. The standard InChI is InChI=1S/C19H30N4O2/c1-22-10-12-23(13-11-22)9-6-16-2-4-17(5-3-16)21-18(25)20-14-19(15-24)7-8-19/h2-5,24H,6-15H2,1H3,(H2,20,21,25). The van der Waals surface area contributed by atoms with Crippen LogP contribution in [0.3, 0.4) is 0 Å². The van der Waals surface area contributed by atoms with E-state index in [9.17, 15) is 9.90 Å². The van der Waals surface area contributed by atoms with Crippen molar-refractivity contribution in [3.05, 3.63) is 29.8 Å². The summed E-state index contributed by atoms with van der Waals surface area (Å²) in [6.45, 7) is 6.36. The number of amides is 2. The maximum absolute atomic E-state index is 11.9. The highest BCUT2D eigenvalue weighted by Gasteiger charge is 2.42. The largest absolute Gasteiger partial charge is 0.396 e. The third-order valence-electron chi connectivity index (χ3n) is 5.44. The first-order valence-corrected chi connectivity index (χ1v) is 9.24. The zero-order valence-corrected chi connectivity index (χ0v) is 15.1. The molecule has 2 amide bonds. The van der Waals surface area contributed by atoms with Gasteiger partial charge in [0.1, 0.15) is 0 Å². The first-order chi connectivity index (χ1) is 12.1. The molecule has 1 saturated carbocycles. The van der Waals surface area contributed by atoms with Gasteiger partial charge in [0.15, 0.2) is 0 Å². The molecule has 0 radical (unpaired) electrons. The Balaban J connectivity index is 1.38. The lowest BCUT2D eigenvalue weighted by atomic mass is 10.1. The van der Waals surface area contributed by atoms with Gasteiger partial charge in [0.25, 0.3) is 0 Å². The highest BCUT2D eigenvalue weighted by molar-refractivity contribution is 5.89. The highest BCUT2D eigenvalue weighted by Crippen LogP contribution is 2.44. The van der Waals surface area contributed by atoms with E-state index in [0.29, 0.717) is 6.54 Å². The molecule has 0 bridgehead atoms. The summed E-state index contributed by atoms with van der Waals surface area (Å²) >= 11 is 0. The van der Waals surface area contributed by atoms with Gasteiger partial charge in [0.2, 0.25) is 0 Å². The van der Waals surface area contributed by atoms with Crippen molar-refractivity contribution in [3.8, 4) is 0 Å². The molecule has 138 valence electrons. The van der Waals surface area contributed by atoms with Gasteiger partial charge in [-0.2, -0.15) is 0 Å². The SMILES string of the molecule is CN1CCN(CCc2ccc(NC(=O)NCC3(CO)CC3)cc2)CC1.